The Balaban J connectivity index is 1.71. The van der Waals surface area contributed by atoms with Gasteiger partial charge in [-0.25, -0.2) is 18.2 Å². The van der Waals surface area contributed by atoms with Crippen LogP contribution in [0.5, 0.6) is 0 Å². The maximum Gasteiger partial charge on any atom is 0.186 e. The van der Waals surface area contributed by atoms with Crippen molar-refractivity contribution in [2.75, 3.05) is 0 Å². The van der Waals surface area contributed by atoms with E-state index in [0.29, 0.717) is 11.1 Å². The number of nitrogens with zero attached hydrogens (tertiary/aromatic N) is 1. The molecule has 0 aliphatic rings. The summed E-state index contributed by atoms with van der Waals surface area (Å²) in [6.07, 6.45) is 0. The first-order valence-corrected chi connectivity index (χ1v) is 9.46. The average Bonchev–Trinajstić information content (AvgIpc) is 3.27. The monoisotopic (exact) mass is 394 g/mol. The van der Waals surface area contributed by atoms with Crippen molar-refractivity contribution in [1.29, 1.82) is 0 Å². The van der Waals surface area contributed by atoms with E-state index in [2.05, 4.69) is 9.97 Å². The average molecular weight is 394 g/mol. The summed E-state index contributed by atoms with van der Waals surface area (Å²) in [5, 5.41) is 1.35. The third-order valence-corrected chi connectivity index (χ3v) is 5.90. The lowest BCUT2D eigenvalue weighted by atomic mass is 10.0. The Bertz CT molecular complexity index is 1350. The summed E-state index contributed by atoms with van der Waals surface area (Å²) in [6, 6.07) is 16.6. The van der Waals surface area contributed by atoms with Crippen LogP contribution in [0.3, 0.4) is 0 Å². The number of aryl methyl sites for hydroxylation is 1. The van der Waals surface area contributed by atoms with E-state index in [-0.39, 0.29) is 10.2 Å². The quantitative estimate of drug-likeness (QED) is 0.326. The molecule has 3 aromatic carbocycles. The zero-order valence-corrected chi connectivity index (χ0v) is 15.5. The molecular formula is C22H13F3N2S. The summed E-state index contributed by atoms with van der Waals surface area (Å²) >= 11 is 1.02. The van der Waals surface area contributed by atoms with Gasteiger partial charge in [-0.3, -0.25) is 0 Å². The lowest BCUT2D eigenvalue weighted by Gasteiger charge is -2.02. The predicted molar refractivity (Wildman–Crippen MR) is 107 cm³/mol. The van der Waals surface area contributed by atoms with Crippen LogP contribution in [0.4, 0.5) is 13.2 Å². The van der Waals surface area contributed by atoms with E-state index in [1.54, 1.807) is 0 Å². The number of halogens is 3. The number of rotatable bonds is 2. The van der Waals surface area contributed by atoms with Crippen LogP contribution < -0.4 is 0 Å². The number of benzene rings is 3. The molecule has 0 aliphatic heterocycles. The minimum Gasteiger partial charge on any atom is -0.358 e. The van der Waals surface area contributed by atoms with E-state index >= 15 is 0 Å². The fourth-order valence-electron chi connectivity index (χ4n) is 3.51. The second-order valence-corrected chi connectivity index (χ2v) is 7.60. The fourth-order valence-corrected chi connectivity index (χ4v) is 4.59. The third-order valence-electron chi connectivity index (χ3n) is 4.82. The highest BCUT2D eigenvalue weighted by molar-refractivity contribution is 7.21. The number of nitrogens with one attached hydrogen (secondary N) is 1. The molecule has 0 aliphatic carbocycles. The Labute approximate surface area is 162 Å². The van der Waals surface area contributed by atoms with Crippen LogP contribution in [-0.2, 0) is 0 Å². The van der Waals surface area contributed by atoms with E-state index < -0.39 is 17.5 Å². The van der Waals surface area contributed by atoms with Gasteiger partial charge in [0.25, 0.3) is 0 Å². The summed E-state index contributed by atoms with van der Waals surface area (Å²) in [7, 11) is 0. The van der Waals surface area contributed by atoms with Gasteiger partial charge in [0.15, 0.2) is 11.6 Å². The molecule has 0 bridgehead atoms. The minimum absolute atomic E-state index is 0.0172. The van der Waals surface area contributed by atoms with Crippen molar-refractivity contribution in [2.45, 2.75) is 6.92 Å². The molecule has 0 atom stereocenters. The van der Waals surface area contributed by atoms with Gasteiger partial charge in [0.1, 0.15) is 16.3 Å². The number of fused-ring (bicyclic) bond motifs is 2. The van der Waals surface area contributed by atoms with E-state index in [1.807, 2.05) is 55.5 Å². The number of hydrogen-bond donors (Lipinski definition) is 1. The summed E-state index contributed by atoms with van der Waals surface area (Å²) in [5.74, 6) is -3.16. The molecule has 0 spiro atoms. The predicted octanol–water partition coefficient (Wildman–Crippen LogP) is 6.84. The number of aromatic amines is 1. The molecule has 0 saturated heterocycles. The molecule has 0 amide bonds. The van der Waals surface area contributed by atoms with Crippen molar-refractivity contribution in [3.8, 4) is 21.7 Å². The lowest BCUT2D eigenvalue weighted by Crippen LogP contribution is -1.88. The molecule has 5 aromatic rings. The van der Waals surface area contributed by atoms with E-state index in [4.69, 9.17) is 0 Å². The molecule has 2 aromatic heterocycles. The number of thiazole rings is 1. The Morgan fingerprint density at radius 2 is 1.68 bits per heavy atom. The van der Waals surface area contributed by atoms with Crippen molar-refractivity contribution in [1.82, 2.24) is 9.97 Å². The highest BCUT2D eigenvalue weighted by Crippen LogP contribution is 2.39. The van der Waals surface area contributed by atoms with Crippen LogP contribution in [0.1, 0.15) is 5.69 Å². The standard InChI is InChI=1S/C22H13F3N2S/c1-11-18(22-27-20-19(25)15(23)10-16(24)21(20)28-22)14-8-7-13(9-17(14)26-11)12-5-3-2-4-6-12/h2-10,26H,1H3. The van der Waals surface area contributed by atoms with Gasteiger partial charge in [-0.1, -0.05) is 42.5 Å². The first kappa shape index (κ1) is 17.0. The lowest BCUT2D eigenvalue weighted by molar-refractivity contribution is 0.505. The Morgan fingerprint density at radius 3 is 2.46 bits per heavy atom. The van der Waals surface area contributed by atoms with Crippen molar-refractivity contribution >= 4 is 32.5 Å². The van der Waals surface area contributed by atoms with Gasteiger partial charge in [0.2, 0.25) is 0 Å². The van der Waals surface area contributed by atoms with Gasteiger partial charge < -0.3 is 4.98 Å². The molecule has 2 heterocycles. The molecule has 1 N–H and O–H groups in total. The number of aromatic nitrogens is 2. The molecule has 0 fully saturated rings. The Kier molecular flexibility index (Phi) is 3.77. The molecule has 5 rings (SSSR count). The maximum atomic E-state index is 14.1. The normalized spacial score (nSPS) is 11.6. The number of hydrogen-bond acceptors (Lipinski definition) is 2. The maximum absolute atomic E-state index is 14.1. The summed E-state index contributed by atoms with van der Waals surface area (Å²) < 4.78 is 41.7. The minimum atomic E-state index is -1.23. The van der Waals surface area contributed by atoms with Crippen molar-refractivity contribution < 1.29 is 13.2 Å². The second-order valence-electron chi connectivity index (χ2n) is 6.60. The summed E-state index contributed by atoms with van der Waals surface area (Å²) in [6.45, 7) is 1.89. The molecule has 0 saturated carbocycles. The van der Waals surface area contributed by atoms with Crippen molar-refractivity contribution in [3.63, 3.8) is 0 Å². The Morgan fingerprint density at radius 1 is 0.893 bits per heavy atom. The summed E-state index contributed by atoms with van der Waals surface area (Å²) in [4.78, 5) is 7.54. The van der Waals surface area contributed by atoms with Crippen molar-refractivity contribution in [3.05, 3.63) is 77.7 Å². The zero-order chi connectivity index (χ0) is 19.4. The molecule has 6 heteroatoms. The third kappa shape index (κ3) is 2.52. The Hall–Kier alpha value is -3.12. The van der Waals surface area contributed by atoms with Gasteiger partial charge in [-0.05, 0) is 24.1 Å². The molecule has 0 radical (unpaired) electrons. The first-order chi connectivity index (χ1) is 13.5. The molecular weight excluding hydrogens is 381 g/mol. The SMILES string of the molecule is Cc1[nH]c2cc(-c3ccccc3)ccc2c1-c1nc2c(F)c(F)cc(F)c2s1. The topological polar surface area (TPSA) is 28.7 Å². The fraction of sp³-hybridized carbons (Fsp3) is 0.0455. The number of H-pyrrole nitrogens is 1. The van der Waals surface area contributed by atoms with E-state index in [1.165, 1.54) is 0 Å². The van der Waals surface area contributed by atoms with Gasteiger partial charge in [-0.15, -0.1) is 11.3 Å². The smallest absolute Gasteiger partial charge is 0.186 e. The zero-order valence-electron chi connectivity index (χ0n) is 14.7. The van der Waals surface area contributed by atoms with Crippen LogP contribution >= 0.6 is 11.3 Å². The largest absolute Gasteiger partial charge is 0.358 e. The van der Waals surface area contributed by atoms with E-state index in [0.717, 1.165) is 44.6 Å². The van der Waals surface area contributed by atoms with Crippen LogP contribution in [0.2, 0.25) is 0 Å². The van der Waals surface area contributed by atoms with Crippen LogP contribution in [0.25, 0.3) is 42.8 Å². The van der Waals surface area contributed by atoms with Gasteiger partial charge in [0, 0.05) is 28.2 Å². The molecule has 2 nitrogen and oxygen atoms in total. The van der Waals surface area contributed by atoms with Gasteiger partial charge in [-0.2, -0.15) is 0 Å². The summed E-state index contributed by atoms with van der Waals surface area (Å²) in [5.41, 5.74) is 4.39. The van der Waals surface area contributed by atoms with Crippen LogP contribution in [0.15, 0.2) is 54.6 Å². The second kappa shape index (κ2) is 6.21. The molecule has 138 valence electrons. The highest BCUT2D eigenvalue weighted by Gasteiger charge is 2.21. The van der Waals surface area contributed by atoms with Crippen molar-refractivity contribution in [2.24, 2.45) is 0 Å². The van der Waals surface area contributed by atoms with E-state index in [9.17, 15) is 13.2 Å². The van der Waals surface area contributed by atoms with Gasteiger partial charge in [0.05, 0.1) is 4.70 Å². The van der Waals surface area contributed by atoms with Crippen LogP contribution in [-0.4, -0.2) is 9.97 Å². The molecule has 0 unspecified atom stereocenters. The highest BCUT2D eigenvalue weighted by atomic mass is 32.1. The van der Waals surface area contributed by atoms with Crippen LogP contribution in [0, 0.1) is 24.4 Å². The first-order valence-electron chi connectivity index (χ1n) is 8.65. The molecule has 28 heavy (non-hydrogen) atoms. The van der Waals surface area contributed by atoms with Gasteiger partial charge >= 0.3 is 0 Å².